The Hall–Kier alpha value is -1.92. The maximum absolute atomic E-state index is 12.3. The summed E-state index contributed by atoms with van der Waals surface area (Å²) >= 11 is 0. The molecule has 0 atom stereocenters. The Morgan fingerprint density at radius 1 is 1.25 bits per heavy atom. The Labute approximate surface area is 87.2 Å². The highest BCUT2D eigenvalue weighted by molar-refractivity contribution is 5.69. The molecule has 0 spiro atoms. The monoisotopic (exact) mass is 229 g/mol. The van der Waals surface area contributed by atoms with Crippen LogP contribution in [-0.2, 0) is 6.18 Å². The first kappa shape index (κ1) is 10.6. The third-order valence-corrected chi connectivity index (χ3v) is 2.01. The number of hydrogen-bond acceptors (Lipinski definition) is 3. The van der Waals surface area contributed by atoms with E-state index in [1.807, 2.05) is 0 Å². The Morgan fingerprint density at radius 2 is 1.94 bits per heavy atom. The lowest BCUT2D eigenvalue weighted by atomic mass is 10.3. The molecule has 0 aliphatic carbocycles. The summed E-state index contributed by atoms with van der Waals surface area (Å²) in [5.74, 6) is 0. The van der Waals surface area contributed by atoms with Gasteiger partial charge in [-0.2, -0.15) is 13.2 Å². The highest BCUT2D eigenvalue weighted by Gasteiger charge is 2.32. The van der Waals surface area contributed by atoms with Crippen LogP contribution in [0.4, 0.5) is 13.2 Å². The van der Waals surface area contributed by atoms with Crippen LogP contribution in [0.25, 0.3) is 11.2 Å². The first-order valence-corrected chi connectivity index (χ1v) is 4.33. The summed E-state index contributed by atoms with van der Waals surface area (Å²) in [6.45, 7) is 1.47. The summed E-state index contributed by atoms with van der Waals surface area (Å²) in [6.07, 6.45) is -4.53. The Morgan fingerprint density at radius 3 is 2.56 bits per heavy atom. The number of nitrogens with one attached hydrogen (secondary N) is 1. The normalized spacial score (nSPS) is 12.0. The van der Waals surface area contributed by atoms with Gasteiger partial charge >= 0.3 is 6.18 Å². The van der Waals surface area contributed by atoms with Gasteiger partial charge in [-0.25, -0.2) is 9.97 Å². The first-order chi connectivity index (χ1) is 7.38. The fourth-order valence-corrected chi connectivity index (χ4v) is 1.22. The minimum Gasteiger partial charge on any atom is -0.304 e. The molecule has 0 unspecified atom stereocenters. The zero-order valence-electron chi connectivity index (χ0n) is 8.09. The third kappa shape index (κ3) is 1.75. The van der Waals surface area contributed by atoms with Crippen molar-refractivity contribution in [3.63, 3.8) is 0 Å². The SMILES string of the molecule is Cc1nc2ccc(C(F)(F)F)nc2[nH]c1=O. The molecule has 84 valence electrons. The Kier molecular flexibility index (Phi) is 2.18. The molecule has 1 N–H and O–H groups in total. The maximum atomic E-state index is 12.3. The smallest absolute Gasteiger partial charge is 0.304 e. The van der Waals surface area contributed by atoms with E-state index in [1.165, 1.54) is 13.0 Å². The van der Waals surface area contributed by atoms with Gasteiger partial charge in [-0.1, -0.05) is 0 Å². The lowest BCUT2D eigenvalue weighted by molar-refractivity contribution is -0.141. The molecule has 2 rings (SSSR count). The zero-order chi connectivity index (χ0) is 11.9. The molecule has 0 saturated carbocycles. The van der Waals surface area contributed by atoms with E-state index in [0.29, 0.717) is 0 Å². The summed E-state index contributed by atoms with van der Waals surface area (Å²) in [6, 6.07) is 2.00. The number of aromatic amines is 1. The van der Waals surface area contributed by atoms with Gasteiger partial charge in [0.05, 0.1) is 0 Å². The van der Waals surface area contributed by atoms with Gasteiger partial charge < -0.3 is 4.98 Å². The van der Waals surface area contributed by atoms with Crippen LogP contribution >= 0.6 is 0 Å². The average Bonchev–Trinajstić information content (AvgIpc) is 2.17. The highest BCUT2D eigenvalue weighted by Crippen LogP contribution is 2.27. The number of aromatic nitrogens is 3. The van der Waals surface area contributed by atoms with Crippen molar-refractivity contribution in [2.24, 2.45) is 0 Å². The van der Waals surface area contributed by atoms with Crippen LogP contribution in [-0.4, -0.2) is 15.0 Å². The molecule has 0 saturated heterocycles. The van der Waals surface area contributed by atoms with Gasteiger partial charge in [0.1, 0.15) is 16.9 Å². The maximum Gasteiger partial charge on any atom is 0.433 e. The van der Waals surface area contributed by atoms with Crippen molar-refractivity contribution < 1.29 is 13.2 Å². The summed E-state index contributed by atoms with van der Waals surface area (Å²) in [5, 5.41) is 0. The van der Waals surface area contributed by atoms with Crippen molar-refractivity contribution in [1.82, 2.24) is 15.0 Å². The summed E-state index contributed by atoms with van der Waals surface area (Å²) < 4.78 is 37.0. The van der Waals surface area contributed by atoms with Crippen molar-refractivity contribution in [3.8, 4) is 0 Å². The van der Waals surface area contributed by atoms with Crippen molar-refractivity contribution in [1.29, 1.82) is 0 Å². The van der Waals surface area contributed by atoms with Gasteiger partial charge in [0.15, 0.2) is 5.65 Å². The Balaban J connectivity index is 2.72. The number of H-pyrrole nitrogens is 1. The van der Waals surface area contributed by atoms with Gasteiger partial charge in [0.25, 0.3) is 5.56 Å². The summed E-state index contributed by atoms with van der Waals surface area (Å²) in [7, 11) is 0. The minimum absolute atomic E-state index is 0.162. The second-order valence-electron chi connectivity index (χ2n) is 3.21. The molecule has 2 aromatic heterocycles. The topological polar surface area (TPSA) is 58.6 Å². The van der Waals surface area contributed by atoms with Crippen LogP contribution < -0.4 is 5.56 Å². The molecule has 2 heterocycles. The van der Waals surface area contributed by atoms with Crippen molar-refractivity contribution >= 4 is 11.2 Å². The average molecular weight is 229 g/mol. The first-order valence-electron chi connectivity index (χ1n) is 4.33. The number of alkyl halides is 3. The molecular weight excluding hydrogens is 223 g/mol. The minimum atomic E-state index is -4.53. The number of nitrogens with zero attached hydrogens (tertiary/aromatic N) is 2. The van der Waals surface area contributed by atoms with E-state index >= 15 is 0 Å². The fourth-order valence-electron chi connectivity index (χ4n) is 1.22. The molecule has 7 heteroatoms. The number of rotatable bonds is 0. The molecule has 4 nitrogen and oxygen atoms in total. The molecule has 16 heavy (non-hydrogen) atoms. The van der Waals surface area contributed by atoms with E-state index in [2.05, 4.69) is 15.0 Å². The largest absolute Gasteiger partial charge is 0.433 e. The number of pyridine rings is 1. The highest BCUT2D eigenvalue weighted by atomic mass is 19.4. The van der Waals surface area contributed by atoms with Crippen LogP contribution in [0, 0.1) is 6.92 Å². The second kappa shape index (κ2) is 3.29. The molecule has 0 aliphatic heterocycles. The number of hydrogen-bond donors (Lipinski definition) is 1. The third-order valence-electron chi connectivity index (χ3n) is 2.01. The van der Waals surface area contributed by atoms with Crippen molar-refractivity contribution in [2.45, 2.75) is 13.1 Å². The predicted molar refractivity (Wildman–Crippen MR) is 49.9 cm³/mol. The van der Waals surface area contributed by atoms with Crippen LogP contribution in [0.3, 0.4) is 0 Å². The van der Waals surface area contributed by atoms with E-state index in [1.54, 1.807) is 0 Å². The van der Waals surface area contributed by atoms with E-state index in [-0.39, 0.29) is 16.9 Å². The van der Waals surface area contributed by atoms with Crippen molar-refractivity contribution in [2.75, 3.05) is 0 Å². The second-order valence-corrected chi connectivity index (χ2v) is 3.21. The van der Waals surface area contributed by atoms with Gasteiger partial charge in [-0.05, 0) is 19.1 Å². The molecule has 0 fully saturated rings. The van der Waals surface area contributed by atoms with Crippen LogP contribution in [0.5, 0.6) is 0 Å². The molecular formula is C9H6F3N3O. The van der Waals surface area contributed by atoms with Gasteiger partial charge in [-0.3, -0.25) is 4.79 Å². The molecule has 0 radical (unpaired) electrons. The fraction of sp³-hybridized carbons (Fsp3) is 0.222. The van der Waals surface area contributed by atoms with E-state index < -0.39 is 17.4 Å². The predicted octanol–water partition coefficient (Wildman–Crippen LogP) is 1.65. The van der Waals surface area contributed by atoms with Crippen LogP contribution in [0.2, 0.25) is 0 Å². The van der Waals surface area contributed by atoms with Gasteiger partial charge in [-0.15, -0.1) is 0 Å². The molecule has 2 aromatic rings. The standard InChI is InChI=1S/C9H6F3N3O/c1-4-8(16)15-7-5(13-4)2-3-6(14-7)9(10,11)12/h2-3H,1H3,(H,14,15,16). The molecule has 0 aliphatic rings. The van der Waals surface area contributed by atoms with Crippen molar-refractivity contribution in [3.05, 3.63) is 33.9 Å². The lowest BCUT2D eigenvalue weighted by Gasteiger charge is -2.05. The van der Waals surface area contributed by atoms with E-state index in [4.69, 9.17) is 0 Å². The molecule has 0 bridgehead atoms. The van der Waals surface area contributed by atoms with Crippen LogP contribution in [0.15, 0.2) is 16.9 Å². The number of fused-ring (bicyclic) bond motifs is 1. The van der Waals surface area contributed by atoms with Crippen LogP contribution in [0.1, 0.15) is 11.4 Å². The van der Waals surface area contributed by atoms with E-state index in [0.717, 1.165) is 6.07 Å². The quantitative estimate of drug-likeness (QED) is 0.747. The van der Waals surface area contributed by atoms with Gasteiger partial charge in [0.2, 0.25) is 0 Å². The molecule has 0 amide bonds. The summed E-state index contributed by atoms with van der Waals surface area (Å²) in [5.41, 5.74) is -1.34. The Bertz CT molecular complexity index is 603. The number of aryl methyl sites for hydroxylation is 1. The van der Waals surface area contributed by atoms with E-state index in [9.17, 15) is 18.0 Å². The number of halogens is 3. The zero-order valence-corrected chi connectivity index (χ0v) is 8.09. The summed E-state index contributed by atoms with van der Waals surface area (Å²) in [4.78, 5) is 20.5. The van der Waals surface area contributed by atoms with Gasteiger partial charge in [0, 0.05) is 0 Å². The molecule has 0 aromatic carbocycles. The lowest BCUT2D eigenvalue weighted by Crippen LogP contribution is -2.14.